The number of aryl methyl sites for hydroxylation is 1. The fourth-order valence-electron chi connectivity index (χ4n) is 2.36. The summed E-state index contributed by atoms with van der Waals surface area (Å²) in [6.07, 6.45) is 0.321. The minimum atomic E-state index is -0.500. The number of benzene rings is 1. The van der Waals surface area contributed by atoms with E-state index < -0.39 is 5.60 Å². The molecule has 0 aliphatic carbocycles. The van der Waals surface area contributed by atoms with E-state index in [0.29, 0.717) is 25.2 Å². The standard InChI is InChI=1S/C15H20N2O3/c1-10-5-6-11-9-17(14(18)20-15(2,3)4)8-7-12(11)13(10)16-19/h5-6H,7-9H2,1-4H3. The topological polar surface area (TPSA) is 59.0 Å². The lowest BCUT2D eigenvalue weighted by Crippen LogP contribution is -2.39. The molecule has 5 nitrogen and oxygen atoms in total. The van der Waals surface area contributed by atoms with Gasteiger partial charge in [-0.15, -0.1) is 4.91 Å². The third-order valence-electron chi connectivity index (χ3n) is 3.32. The highest BCUT2D eigenvalue weighted by atomic mass is 16.6. The summed E-state index contributed by atoms with van der Waals surface area (Å²) in [6.45, 7) is 8.43. The monoisotopic (exact) mass is 276 g/mol. The highest BCUT2D eigenvalue weighted by Crippen LogP contribution is 2.31. The minimum Gasteiger partial charge on any atom is -0.444 e. The Morgan fingerprint density at radius 3 is 2.65 bits per heavy atom. The second-order valence-corrected chi connectivity index (χ2v) is 6.11. The van der Waals surface area contributed by atoms with Crippen molar-refractivity contribution in [3.8, 4) is 0 Å². The number of carbonyl (C=O) groups is 1. The van der Waals surface area contributed by atoms with Crippen molar-refractivity contribution in [2.24, 2.45) is 5.18 Å². The first-order valence-corrected chi connectivity index (χ1v) is 6.74. The lowest BCUT2D eigenvalue weighted by atomic mass is 9.95. The van der Waals surface area contributed by atoms with Crippen LogP contribution < -0.4 is 0 Å². The van der Waals surface area contributed by atoms with Crippen LogP contribution in [-0.4, -0.2) is 23.1 Å². The number of hydrogen-bond acceptors (Lipinski definition) is 4. The molecule has 1 aliphatic heterocycles. The van der Waals surface area contributed by atoms with Crippen molar-refractivity contribution in [2.45, 2.75) is 46.3 Å². The largest absolute Gasteiger partial charge is 0.444 e. The van der Waals surface area contributed by atoms with Crippen LogP contribution in [0.2, 0.25) is 0 Å². The van der Waals surface area contributed by atoms with Gasteiger partial charge in [0.15, 0.2) is 0 Å². The number of carbonyl (C=O) groups excluding carboxylic acids is 1. The molecule has 1 heterocycles. The Hall–Kier alpha value is -1.91. The van der Waals surface area contributed by atoms with Gasteiger partial charge in [0.2, 0.25) is 0 Å². The Labute approximate surface area is 118 Å². The van der Waals surface area contributed by atoms with Crippen molar-refractivity contribution >= 4 is 11.8 Å². The first kappa shape index (κ1) is 14.5. The van der Waals surface area contributed by atoms with E-state index in [4.69, 9.17) is 4.74 Å². The Morgan fingerprint density at radius 2 is 2.05 bits per heavy atom. The van der Waals surface area contributed by atoms with Gasteiger partial charge in [0.1, 0.15) is 11.3 Å². The number of amides is 1. The van der Waals surface area contributed by atoms with Crippen LogP contribution >= 0.6 is 0 Å². The van der Waals surface area contributed by atoms with Crippen LogP contribution in [0.25, 0.3) is 0 Å². The van der Waals surface area contributed by atoms with Crippen molar-refractivity contribution in [1.29, 1.82) is 0 Å². The Bertz CT molecular complexity index is 547. The maximum Gasteiger partial charge on any atom is 0.410 e. The molecule has 0 saturated heterocycles. The average Bonchev–Trinajstić information content (AvgIpc) is 2.36. The van der Waals surface area contributed by atoms with Crippen LogP contribution in [0.4, 0.5) is 10.5 Å². The van der Waals surface area contributed by atoms with Crippen molar-refractivity contribution < 1.29 is 9.53 Å². The summed E-state index contributed by atoms with van der Waals surface area (Å²) < 4.78 is 5.37. The smallest absolute Gasteiger partial charge is 0.410 e. The van der Waals surface area contributed by atoms with Crippen molar-refractivity contribution in [3.05, 3.63) is 33.7 Å². The molecule has 5 heteroatoms. The molecule has 0 bridgehead atoms. The van der Waals surface area contributed by atoms with Gasteiger partial charge in [0, 0.05) is 13.1 Å². The van der Waals surface area contributed by atoms with E-state index in [1.54, 1.807) is 4.90 Å². The van der Waals surface area contributed by atoms with Crippen LogP contribution in [0.1, 0.15) is 37.5 Å². The van der Waals surface area contributed by atoms with E-state index in [1.807, 2.05) is 39.8 Å². The van der Waals surface area contributed by atoms with Crippen LogP contribution in [0.5, 0.6) is 0 Å². The average molecular weight is 276 g/mol. The van der Waals surface area contributed by atoms with Crippen molar-refractivity contribution in [2.75, 3.05) is 6.54 Å². The number of fused-ring (bicyclic) bond motifs is 1. The molecule has 108 valence electrons. The summed E-state index contributed by atoms with van der Waals surface area (Å²) in [7, 11) is 0. The molecule has 1 aromatic rings. The number of nitrogens with zero attached hydrogens (tertiary/aromatic N) is 2. The van der Waals surface area contributed by atoms with E-state index in [0.717, 1.165) is 16.7 Å². The van der Waals surface area contributed by atoms with Crippen LogP contribution in [0, 0.1) is 11.8 Å². The number of hydrogen-bond donors (Lipinski definition) is 0. The predicted molar refractivity (Wildman–Crippen MR) is 77.0 cm³/mol. The Morgan fingerprint density at radius 1 is 1.35 bits per heavy atom. The van der Waals surface area contributed by atoms with E-state index in [-0.39, 0.29) is 6.09 Å². The fourth-order valence-corrected chi connectivity index (χ4v) is 2.36. The number of nitroso groups, excluding NO2 is 1. The van der Waals surface area contributed by atoms with Crippen LogP contribution in [-0.2, 0) is 17.7 Å². The zero-order chi connectivity index (χ0) is 14.9. The van der Waals surface area contributed by atoms with Gasteiger partial charge in [-0.05, 0) is 56.0 Å². The second kappa shape index (κ2) is 5.23. The molecule has 1 aromatic carbocycles. The Kier molecular flexibility index (Phi) is 3.79. The molecule has 0 saturated carbocycles. The van der Waals surface area contributed by atoms with E-state index in [9.17, 15) is 9.70 Å². The first-order valence-electron chi connectivity index (χ1n) is 6.74. The summed E-state index contributed by atoms with van der Waals surface area (Å²) in [4.78, 5) is 24.7. The van der Waals surface area contributed by atoms with Gasteiger partial charge >= 0.3 is 6.09 Å². The molecule has 0 spiro atoms. The molecular weight excluding hydrogens is 256 g/mol. The second-order valence-electron chi connectivity index (χ2n) is 6.11. The molecule has 0 radical (unpaired) electrons. The van der Waals surface area contributed by atoms with Crippen LogP contribution in [0.15, 0.2) is 17.3 Å². The minimum absolute atomic E-state index is 0.315. The zero-order valence-corrected chi connectivity index (χ0v) is 12.4. The van der Waals surface area contributed by atoms with E-state index in [1.165, 1.54) is 0 Å². The maximum absolute atomic E-state index is 12.1. The maximum atomic E-state index is 12.1. The molecule has 0 unspecified atom stereocenters. The predicted octanol–water partition coefficient (Wildman–Crippen LogP) is 3.69. The molecule has 1 aliphatic rings. The molecule has 0 fully saturated rings. The van der Waals surface area contributed by atoms with Crippen LogP contribution in [0.3, 0.4) is 0 Å². The summed E-state index contributed by atoms with van der Waals surface area (Å²) in [5.41, 5.74) is 2.83. The van der Waals surface area contributed by atoms with Gasteiger partial charge in [-0.2, -0.15) is 0 Å². The normalized spacial score (nSPS) is 14.7. The molecule has 0 atom stereocenters. The first-order chi connectivity index (χ1) is 9.31. The van der Waals surface area contributed by atoms with Gasteiger partial charge in [0.25, 0.3) is 0 Å². The summed E-state index contributed by atoms with van der Waals surface area (Å²) in [5.74, 6) is 0. The number of rotatable bonds is 1. The summed E-state index contributed by atoms with van der Waals surface area (Å²) in [5, 5.41) is 3.13. The quantitative estimate of drug-likeness (QED) is 0.735. The van der Waals surface area contributed by atoms with Gasteiger partial charge in [-0.25, -0.2) is 4.79 Å². The molecule has 20 heavy (non-hydrogen) atoms. The highest BCUT2D eigenvalue weighted by Gasteiger charge is 2.27. The molecule has 0 aromatic heterocycles. The van der Waals surface area contributed by atoms with E-state index in [2.05, 4.69) is 5.18 Å². The zero-order valence-electron chi connectivity index (χ0n) is 12.4. The van der Waals surface area contributed by atoms with Gasteiger partial charge in [-0.3, -0.25) is 0 Å². The highest BCUT2D eigenvalue weighted by molar-refractivity contribution is 5.69. The Balaban J connectivity index is 2.20. The molecule has 1 amide bonds. The molecular formula is C15H20N2O3. The summed E-state index contributed by atoms with van der Waals surface area (Å²) in [6, 6.07) is 3.82. The third kappa shape index (κ3) is 2.98. The molecule has 0 N–H and O–H groups in total. The third-order valence-corrected chi connectivity index (χ3v) is 3.32. The van der Waals surface area contributed by atoms with E-state index >= 15 is 0 Å². The van der Waals surface area contributed by atoms with Crippen molar-refractivity contribution in [1.82, 2.24) is 4.90 Å². The lowest BCUT2D eigenvalue weighted by Gasteiger charge is -2.31. The van der Waals surface area contributed by atoms with Gasteiger partial charge < -0.3 is 9.64 Å². The fraction of sp³-hybridized carbons (Fsp3) is 0.533. The molecule has 2 rings (SSSR count). The van der Waals surface area contributed by atoms with Gasteiger partial charge in [-0.1, -0.05) is 12.1 Å². The number of ether oxygens (including phenoxy) is 1. The SMILES string of the molecule is Cc1ccc2c(c1N=O)CCN(C(=O)OC(C)(C)C)C2. The van der Waals surface area contributed by atoms with Gasteiger partial charge in [0.05, 0.1) is 0 Å². The van der Waals surface area contributed by atoms with Crippen molar-refractivity contribution in [3.63, 3.8) is 0 Å². The lowest BCUT2D eigenvalue weighted by molar-refractivity contribution is 0.0224. The summed E-state index contributed by atoms with van der Waals surface area (Å²) >= 11 is 0.